The van der Waals surface area contributed by atoms with Crippen LogP contribution in [0.2, 0.25) is 0 Å². The van der Waals surface area contributed by atoms with Crippen LogP contribution in [-0.2, 0) is 25.6 Å². The third-order valence-corrected chi connectivity index (χ3v) is 4.82. The first-order valence-electron chi connectivity index (χ1n) is 9.49. The van der Waals surface area contributed by atoms with Crippen molar-refractivity contribution >= 4 is 23.4 Å². The highest BCUT2D eigenvalue weighted by molar-refractivity contribution is 5.97. The third-order valence-electron chi connectivity index (χ3n) is 4.82. The highest BCUT2D eigenvalue weighted by atomic mass is 16.5. The number of methoxy groups -OCH3 is 1. The van der Waals surface area contributed by atoms with Crippen molar-refractivity contribution in [2.75, 3.05) is 37.5 Å². The van der Waals surface area contributed by atoms with E-state index in [0.29, 0.717) is 13.0 Å². The van der Waals surface area contributed by atoms with Gasteiger partial charge in [0.05, 0.1) is 12.5 Å². The summed E-state index contributed by atoms with van der Waals surface area (Å²) in [6.45, 7) is 1.92. The highest BCUT2D eigenvalue weighted by Crippen LogP contribution is 2.27. The molecule has 2 rings (SSSR count). The van der Waals surface area contributed by atoms with Gasteiger partial charge in [0, 0.05) is 20.2 Å². The molecule has 3 N–H and O–H groups in total. The van der Waals surface area contributed by atoms with E-state index < -0.39 is 29.7 Å². The lowest BCUT2D eigenvalue weighted by atomic mass is 9.86. The fourth-order valence-corrected chi connectivity index (χ4v) is 2.89. The Bertz CT molecular complexity index is 811. The number of amides is 1. The minimum atomic E-state index is -0.773. The van der Waals surface area contributed by atoms with Gasteiger partial charge >= 0.3 is 11.7 Å². The van der Waals surface area contributed by atoms with Crippen molar-refractivity contribution < 1.29 is 19.1 Å². The van der Waals surface area contributed by atoms with Crippen LogP contribution in [0.1, 0.15) is 39.0 Å². The second kappa shape index (κ2) is 10.1. The molecule has 1 aromatic rings. The second-order valence-corrected chi connectivity index (χ2v) is 6.77. The first-order valence-corrected chi connectivity index (χ1v) is 9.49. The molecule has 0 spiro atoms. The number of esters is 1. The zero-order valence-corrected chi connectivity index (χ0v) is 16.4. The van der Waals surface area contributed by atoms with Crippen molar-refractivity contribution in [3.05, 3.63) is 20.8 Å². The maximum atomic E-state index is 12.7. The van der Waals surface area contributed by atoms with E-state index in [1.165, 1.54) is 11.7 Å². The van der Waals surface area contributed by atoms with Crippen molar-refractivity contribution in [2.45, 2.75) is 45.6 Å². The summed E-state index contributed by atoms with van der Waals surface area (Å²) < 4.78 is 11.3. The van der Waals surface area contributed by atoms with Gasteiger partial charge in [-0.1, -0.05) is 19.8 Å². The van der Waals surface area contributed by atoms with Crippen LogP contribution in [0.5, 0.6) is 0 Å². The Labute approximate surface area is 162 Å². The molecule has 1 aliphatic rings. The number of aromatic amines is 1. The van der Waals surface area contributed by atoms with Gasteiger partial charge in [-0.05, 0) is 19.3 Å². The van der Waals surface area contributed by atoms with E-state index in [2.05, 4.69) is 4.98 Å². The van der Waals surface area contributed by atoms with Crippen LogP contribution >= 0.6 is 0 Å². The first-order chi connectivity index (χ1) is 13.4. The lowest BCUT2D eigenvalue weighted by Gasteiger charge is -2.26. The third kappa shape index (κ3) is 5.00. The normalized spacial score (nSPS) is 13.8. The van der Waals surface area contributed by atoms with E-state index in [1.54, 1.807) is 0 Å². The predicted molar refractivity (Wildman–Crippen MR) is 103 cm³/mol. The number of carbonyl (C=O) groups is 2. The maximum absolute atomic E-state index is 12.7. The molecule has 0 atom stereocenters. The second-order valence-electron chi connectivity index (χ2n) is 6.77. The standard InChI is InChI=1S/C18H28N4O6/c1-3-4-8-22-15(19)14(16(24)20-18(22)26)21(9-10-27-2)13(23)11-28-17(25)12-6-5-7-12/h12H,3-11,19H2,1-2H3,(H,20,24,26). The molecule has 0 radical (unpaired) electrons. The average Bonchev–Trinajstić information content (AvgIpc) is 2.60. The molecule has 0 saturated heterocycles. The molecule has 1 aromatic heterocycles. The van der Waals surface area contributed by atoms with Crippen LogP contribution in [0, 0.1) is 5.92 Å². The smallest absolute Gasteiger partial charge is 0.330 e. The zero-order valence-electron chi connectivity index (χ0n) is 16.4. The Morgan fingerprint density at radius 2 is 2.04 bits per heavy atom. The first kappa shape index (κ1) is 21.7. The van der Waals surface area contributed by atoms with E-state index in [1.807, 2.05) is 6.92 Å². The molecule has 10 nitrogen and oxygen atoms in total. The summed E-state index contributed by atoms with van der Waals surface area (Å²) in [7, 11) is 1.45. The summed E-state index contributed by atoms with van der Waals surface area (Å²) in [4.78, 5) is 52.4. The number of unbranched alkanes of at least 4 members (excludes halogenated alkanes) is 1. The zero-order chi connectivity index (χ0) is 20.7. The summed E-state index contributed by atoms with van der Waals surface area (Å²) >= 11 is 0. The summed E-state index contributed by atoms with van der Waals surface area (Å²) in [6.07, 6.45) is 3.99. The van der Waals surface area contributed by atoms with Crippen LogP contribution in [-0.4, -0.2) is 48.3 Å². The van der Waals surface area contributed by atoms with Gasteiger partial charge in [-0.25, -0.2) is 4.79 Å². The molecule has 0 aliphatic heterocycles. The number of carbonyl (C=O) groups excluding carboxylic acids is 2. The molecule has 1 fully saturated rings. The fourth-order valence-electron chi connectivity index (χ4n) is 2.89. The van der Waals surface area contributed by atoms with Crippen LogP contribution in [0.3, 0.4) is 0 Å². The molecule has 1 aliphatic carbocycles. The number of H-pyrrole nitrogens is 1. The Hall–Kier alpha value is -2.62. The number of nitrogen functional groups attached to an aromatic ring is 1. The number of nitrogens with two attached hydrogens (primary N) is 1. The van der Waals surface area contributed by atoms with E-state index in [4.69, 9.17) is 15.2 Å². The number of nitrogens with one attached hydrogen (secondary N) is 1. The van der Waals surface area contributed by atoms with Crippen molar-refractivity contribution in [3.63, 3.8) is 0 Å². The van der Waals surface area contributed by atoms with E-state index in [-0.39, 0.29) is 30.6 Å². The van der Waals surface area contributed by atoms with Crippen molar-refractivity contribution in [1.29, 1.82) is 0 Å². The van der Waals surface area contributed by atoms with Gasteiger partial charge in [-0.3, -0.25) is 28.8 Å². The van der Waals surface area contributed by atoms with Gasteiger partial charge in [0.1, 0.15) is 5.82 Å². The monoisotopic (exact) mass is 396 g/mol. The number of hydrogen-bond acceptors (Lipinski definition) is 7. The highest BCUT2D eigenvalue weighted by Gasteiger charge is 2.29. The molecule has 10 heteroatoms. The van der Waals surface area contributed by atoms with Gasteiger partial charge in [0.25, 0.3) is 11.5 Å². The SMILES string of the molecule is CCCCn1c(N)c(N(CCOC)C(=O)COC(=O)C2CCC2)c(=O)[nH]c1=O. The molecular formula is C18H28N4O6. The topological polar surface area (TPSA) is 137 Å². The molecule has 1 saturated carbocycles. The number of anilines is 2. The van der Waals surface area contributed by atoms with Gasteiger partial charge in [-0.2, -0.15) is 0 Å². The summed E-state index contributed by atoms with van der Waals surface area (Å²) in [5.41, 5.74) is 4.53. The molecule has 0 bridgehead atoms. The predicted octanol–water partition coefficient (Wildman–Crippen LogP) is 0.242. The number of hydrogen-bond donors (Lipinski definition) is 2. The van der Waals surface area contributed by atoms with Gasteiger partial charge < -0.3 is 15.2 Å². The summed E-state index contributed by atoms with van der Waals surface area (Å²) in [6, 6.07) is 0. The Kier molecular flexibility index (Phi) is 7.80. The number of rotatable bonds is 10. The van der Waals surface area contributed by atoms with Crippen molar-refractivity contribution in [1.82, 2.24) is 9.55 Å². The Balaban J connectivity index is 2.27. The molecule has 1 amide bonds. The lowest BCUT2D eigenvalue weighted by Crippen LogP contribution is -2.44. The number of aromatic nitrogens is 2. The molecule has 1 heterocycles. The van der Waals surface area contributed by atoms with Crippen LogP contribution < -0.4 is 21.9 Å². The molecule has 156 valence electrons. The Morgan fingerprint density at radius 3 is 2.61 bits per heavy atom. The Morgan fingerprint density at radius 1 is 1.32 bits per heavy atom. The number of nitrogens with zero attached hydrogens (tertiary/aromatic N) is 2. The fraction of sp³-hybridized carbons (Fsp3) is 0.667. The van der Waals surface area contributed by atoms with Crippen molar-refractivity contribution in [3.8, 4) is 0 Å². The van der Waals surface area contributed by atoms with E-state index >= 15 is 0 Å². The molecule has 0 unspecified atom stereocenters. The average molecular weight is 396 g/mol. The minimum Gasteiger partial charge on any atom is -0.455 e. The maximum Gasteiger partial charge on any atom is 0.330 e. The van der Waals surface area contributed by atoms with Crippen LogP contribution in [0.25, 0.3) is 0 Å². The van der Waals surface area contributed by atoms with Crippen LogP contribution in [0.15, 0.2) is 9.59 Å². The van der Waals surface area contributed by atoms with Crippen molar-refractivity contribution in [2.24, 2.45) is 5.92 Å². The van der Waals surface area contributed by atoms with E-state index in [9.17, 15) is 19.2 Å². The molecular weight excluding hydrogens is 368 g/mol. The van der Waals surface area contributed by atoms with Gasteiger partial charge in [-0.15, -0.1) is 0 Å². The van der Waals surface area contributed by atoms with Crippen LogP contribution in [0.4, 0.5) is 11.5 Å². The number of ether oxygens (including phenoxy) is 2. The minimum absolute atomic E-state index is 0.0234. The van der Waals surface area contributed by atoms with E-state index in [0.717, 1.165) is 30.6 Å². The molecule has 0 aromatic carbocycles. The van der Waals surface area contributed by atoms with Gasteiger partial charge in [0.2, 0.25) is 0 Å². The quantitative estimate of drug-likeness (QED) is 0.541. The summed E-state index contributed by atoms with van der Waals surface area (Å²) in [5, 5.41) is 0. The molecule has 28 heavy (non-hydrogen) atoms. The lowest BCUT2D eigenvalue weighted by molar-refractivity contribution is -0.154. The van der Waals surface area contributed by atoms with Gasteiger partial charge in [0.15, 0.2) is 12.3 Å². The largest absolute Gasteiger partial charge is 0.455 e. The summed E-state index contributed by atoms with van der Waals surface area (Å²) in [5.74, 6) is -1.29.